The molecule has 0 radical (unpaired) electrons. The van der Waals surface area contributed by atoms with Crippen LogP contribution in [0.1, 0.15) is 13.3 Å². The molecule has 32 heavy (non-hydrogen) atoms. The third kappa shape index (κ3) is 2.95. The van der Waals surface area contributed by atoms with Gasteiger partial charge in [0.2, 0.25) is 5.91 Å². The lowest BCUT2D eigenvalue weighted by atomic mass is 9.97. The average Bonchev–Trinajstić information content (AvgIpc) is 3.10. The first kappa shape index (κ1) is 19.5. The number of nitrogens with zero attached hydrogens (tertiary/aromatic N) is 4. The molecule has 1 saturated heterocycles. The summed E-state index contributed by atoms with van der Waals surface area (Å²) in [6, 6.07) is 5.28. The van der Waals surface area contributed by atoms with Crippen molar-refractivity contribution in [1.82, 2.24) is 19.8 Å². The second-order valence-corrected chi connectivity index (χ2v) is 9.06. The van der Waals surface area contributed by atoms with Crippen molar-refractivity contribution in [3.63, 3.8) is 0 Å². The molecule has 164 valence electrons. The zero-order valence-corrected chi connectivity index (χ0v) is 17.8. The molecule has 0 unspecified atom stereocenters. The van der Waals surface area contributed by atoms with Gasteiger partial charge in [-0.2, -0.15) is 10.2 Å². The molecule has 0 bridgehead atoms. The number of fused-ring (bicyclic) bond motifs is 2. The van der Waals surface area contributed by atoms with E-state index in [1.807, 2.05) is 11.0 Å². The quantitative estimate of drug-likeness (QED) is 0.476. The lowest BCUT2D eigenvalue weighted by Crippen LogP contribution is -2.45. The number of rotatable bonds is 4. The minimum absolute atomic E-state index is 0.0357. The summed E-state index contributed by atoms with van der Waals surface area (Å²) in [5.41, 5.74) is 2.98. The average molecular weight is 457 g/mol. The monoisotopic (exact) mass is 456 g/mol. The Bertz CT molecular complexity index is 1390. The number of carbonyl (C=O) groups is 1. The summed E-state index contributed by atoms with van der Waals surface area (Å²) in [6.45, 7) is 3.65. The SMILES string of the molecule is CC1CN(c2c(F)c(Cl)c(-c3ccn4nc(NC(=O)[C@@H]5C[C@@H]5F)cc4c3)c3cn[nH]c23)C1. The molecule has 4 heterocycles. The standard InChI is InChI=1S/C22H19ClF2N6O/c1-10-8-30(9-10)21-19(25)18(23)17(14-7-26-28-20(14)21)11-2-3-31-12(4-11)5-16(29-31)27-22(32)13-6-15(13)24/h2-5,7,10,13,15H,6,8-9H2,1H3,(H,26,28)(H,27,29,32)/t13-,15+/m1/s1. The predicted octanol–water partition coefficient (Wildman–Crippen LogP) is 4.42. The summed E-state index contributed by atoms with van der Waals surface area (Å²) in [5.74, 6) is -0.613. The Morgan fingerprint density at radius 1 is 1.34 bits per heavy atom. The molecule has 2 atom stereocenters. The van der Waals surface area contributed by atoms with Crippen LogP contribution in [0.25, 0.3) is 27.5 Å². The number of pyridine rings is 1. The Kier molecular flexibility index (Phi) is 4.20. The number of carbonyl (C=O) groups excluding carboxylic acids is 1. The van der Waals surface area contributed by atoms with E-state index in [0.717, 1.165) is 18.5 Å². The number of nitrogens with one attached hydrogen (secondary N) is 2. The molecule has 10 heteroatoms. The van der Waals surface area contributed by atoms with Crippen molar-refractivity contribution in [2.75, 3.05) is 23.3 Å². The maximum atomic E-state index is 15.4. The largest absolute Gasteiger partial charge is 0.367 e. The number of hydrogen-bond donors (Lipinski definition) is 2. The fourth-order valence-corrected chi connectivity index (χ4v) is 4.72. The van der Waals surface area contributed by atoms with Crippen molar-refractivity contribution < 1.29 is 13.6 Å². The minimum atomic E-state index is -1.07. The van der Waals surface area contributed by atoms with Crippen LogP contribution in [0.5, 0.6) is 0 Å². The summed E-state index contributed by atoms with van der Waals surface area (Å²) in [5, 5.41) is 14.8. The molecule has 2 aliphatic rings. The topological polar surface area (TPSA) is 78.3 Å². The molecule has 1 aliphatic carbocycles. The Morgan fingerprint density at radius 2 is 2.12 bits per heavy atom. The molecular formula is C22H19ClF2N6O. The van der Waals surface area contributed by atoms with E-state index >= 15 is 4.39 Å². The van der Waals surface area contributed by atoms with Crippen molar-refractivity contribution in [1.29, 1.82) is 0 Å². The number of H-pyrrole nitrogens is 1. The van der Waals surface area contributed by atoms with E-state index in [9.17, 15) is 9.18 Å². The van der Waals surface area contributed by atoms with Crippen LogP contribution in [-0.4, -0.2) is 45.0 Å². The van der Waals surface area contributed by atoms with Gasteiger partial charge < -0.3 is 10.2 Å². The van der Waals surface area contributed by atoms with E-state index < -0.39 is 17.9 Å². The third-order valence-corrected chi connectivity index (χ3v) is 6.55. The van der Waals surface area contributed by atoms with Gasteiger partial charge in [0.25, 0.3) is 0 Å². The molecule has 7 nitrogen and oxygen atoms in total. The van der Waals surface area contributed by atoms with Gasteiger partial charge in [0.05, 0.1) is 28.2 Å². The highest BCUT2D eigenvalue weighted by atomic mass is 35.5. The Hall–Kier alpha value is -3.20. The predicted molar refractivity (Wildman–Crippen MR) is 118 cm³/mol. The maximum absolute atomic E-state index is 15.4. The normalized spacial score (nSPS) is 20.7. The highest BCUT2D eigenvalue weighted by molar-refractivity contribution is 6.36. The van der Waals surface area contributed by atoms with Crippen LogP contribution < -0.4 is 10.2 Å². The summed E-state index contributed by atoms with van der Waals surface area (Å²) in [4.78, 5) is 14.0. The van der Waals surface area contributed by atoms with Crippen molar-refractivity contribution in [3.8, 4) is 11.1 Å². The third-order valence-electron chi connectivity index (χ3n) is 6.20. The molecule has 1 aromatic carbocycles. The molecular weight excluding hydrogens is 438 g/mol. The van der Waals surface area contributed by atoms with E-state index in [1.54, 1.807) is 29.0 Å². The first-order chi connectivity index (χ1) is 15.4. The Morgan fingerprint density at radius 3 is 2.84 bits per heavy atom. The van der Waals surface area contributed by atoms with E-state index in [0.29, 0.717) is 39.6 Å². The highest BCUT2D eigenvalue weighted by Gasteiger charge is 2.43. The molecule has 6 rings (SSSR count). The number of amides is 1. The van der Waals surface area contributed by atoms with Crippen LogP contribution in [0.3, 0.4) is 0 Å². The van der Waals surface area contributed by atoms with E-state index in [1.165, 1.54) is 0 Å². The van der Waals surface area contributed by atoms with Crippen LogP contribution in [0.2, 0.25) is 5.02 Å². The summed E-state index contributed by atoms with van der Waals surface area (Å²) in [7, 11) is 0. The number of anilines is 2. The van der Waals surface area contributed by atoms with Crippen molar-refractivity contribution in [2.45, 2.75) is 19.5 Å². The smallest absolute Gasteiger partial charge is 0.231 e. The molecule has 4 aromatic rings. The van der Waals surface area contributed by atoms with Crippen LogP contribution in [0.4, 0.5) is 20.3 Å². The Labute approximate surface area is 186 Å². The number of hydrogen-bond acceptors (Lipinski definition) is 4. The number of aromatic nitrogens is 4. The molecule has 0 spiro atoms. The van der Waals surface area contributed by atoms with Gasteiger partial charge in [0, 0.05) is 36.3 Å². The zero-order valence-electron chi connectivity index (χ0n) is 17.1. The van der Waals surface area contributed by atoms with Gasteiger partial charge in [0.1, 0.15) is 11.9 Å². The molecule has 2 N–H and O–H groups in total. The van der Waals surface area contributed by atoms with E-state index in [2.05, 4.69) is 27.5 Å². The van der Waals surface area contributed by atoms with Gasteiger partial charge in [-0.25, -0.2) is 13.3 Å². The zero-order chi connectivity index (χ0) is 22.1. The Balaban J connectivity index is 1.41. The number of halogens is 3. The molecule has 1 amide bonds. The second kappa shape index (κ2) is 6.90. The fraction of sp³-hybridized carbons (Fsp3) is 0.318. The maximum Gasteiger partial charge on any atom is 0.231 e. The van der Waals surface area contributed by atoms with Crippen LogP contribution >= 0.6 is 11.6 Å². The summed E-state index contributed by atoms with van der Waals surface area (Å²) < 4.78 is 30.1. The number of aromatic amines is 1. The van der Waals surface area contributed by atoms with Gasteiger partial charge in [-0.3, -0.25) is 9.89 Å². The van der Waals surface area contributed by atoms with Crippen molar-refractivity contribution in [3.05, 3.63) is 41.4 Å². The van der Waals surface area contributed by atoms with Gasteiger partial charge in [-0.15, -0.1) is 0 Å². The number of benzene rings is 1. The van der Waals surface area contributed by atoms with Gasteiger partial charge >= 0.3 is 0 Å². The van der Waals surface area contributed by atoms with Gasteiger partial charge in [-0.1, -0.05) is 18.5 Å². The lowest BCUT2D eigenvalue weighted by molar-refractivity contribution is -0.117. The first-order valence-electron chi connectivity index (χ1n) is 10.4. The fourth-order valence-electron chi connectivity index (χ4n) is 4.42. The second-order valence-electron chi connectivity index (χ2n) is 8.68. The lowest BCUT2D eigenvalue weighted by Gasteiger charge is -2.39. The van der Waals surface area contributed by atoms with Gasteiger partial charge in [-0.05, 0) is 30.0 Å². The summed E-state index contributed by atoms with van der Waals surface area (Å²) >= 11 is 6.55. The molecule has 3 aromatic heterocycles. The molecule has 2 fully saturated rings. The highest BCUT2D eigenvalue weighted by Crippen LogP contribution is 2.44. The van der Waals surface area contributed by atoms with E-state index in [4.69, 9.17) is 11.6 Å². The molecule has 1 aliphatic heterocycles. The van der Waals surface area contributed by atoms with Gasteiger partial charge in [0.15, 0.2) is 11.6 Å². The van der Waals surface area contributed by atoms with Crippen LogP contribution in [-0.2, 0) is 4.79 Å². The van der Waals surface area contributed by atoms with Crippen molar-refractivity contribution >= 4 is 45.4 Å². The first-order valence-corrected chi connectivity index (χ1v) is 10.8. The molecule has 1 saturated carbocycles. The van der Waals surface area contributed by atoms with E-state index in [-0.39, 0.29) is 17.4 Å². The minimum Gasteiger partial charge on any atom is -0.367 e. The van der Waals surface area contributed by atoms with Crippen LogP contribution in [0.15, 0.2) is 30.6 Å². The summed E-state index contributed by atoms with van der Waals surface area (Å²) in [6.07, 6.45) is 2.54. The van der Waals surface area contributed by atoms with Crippen LogP contribution in [0, 0.1) is 17.7 Å². The number of alkyl halides is 1. The van der Waals surface area contributed by atoms with Crippen molar-refractivity contribution in [2.24, 2.45) is 11.8 Å².